The Balaban J connectivity index is 2.42. The van der Waals surface area contributed by atoms with E-state index in [-0.39, 0.29) is 5.82 Å². The quantitative estimate of drug-likeness (QED) is 0.648. The van der Waals surface area contributed by atoms with Gasteiger partial charge in [-0.1, -0.05) is 6.92 Å². The summed E-state index contributed by atoms with van der Waals surface area (Å²) in [7, 11) is 0. The minimum atomic E-state index is -0.258. The van der Waals surface area contributed by atoms with Crippen molar-refractivity contribution in [2.45, 2.75) is 20.3 Å². The van der Waals surface area contributed by atoms with Crippen LogP contribution in [0.4, 0.5) is 21.7 Å². The molecule has 0 atom stereocenters. The van der Waals surface area contributed by atoms with E-state index in [4.69, 9.17) is 5.84 Å². The molecule has 5 nitrogen and oxygen atoms in total. The van der Waals surface area contributed by atoms with E-state index >= 15 is 0 Å². The summed E-state index contributed by atoms with van der Waals surface area (Å²) in [4.78, 5) is 10.7. The summed E-state index contributed by atoms with van der Waals surface area (Å²) in [6, 6.07) is 8.08. The van der Waals surface area contributed by atoms with E-state index in [0.717, 1.165) is 11.5 Å². The highest BCUT2D eigenvalue weighted by atomic mass is 19.1. The van der Waals surface area contributed by atoms with Crippen LogP contribution in [-0.4, -0.2) is 16.5 Å². The molecule has 0 aliphatic rings. The molecule has 0 aliphatic carbocycles. The number of hydrogen-bond acceptors (Lipinski definition) is 5. The van der Waals surface area contributed by atoms with Crippen LogP contribution in [0.1, 0.15) is 19.7 Å². The number of halogens is 1. The Morgan fingerprint density at radius 1 is 1.20 bits per heavy atom. The molecule has 0 fully saturated rings. The van der Waals surface area contributed by atoms with Crippen LogP contribution in [-0.2, 0) is 6.42 Å². The highest BCUT2D eigenvalue weighted by molar-refractivity contribution is 5.62. The molecule has 1 aromatic heterocycles. The molecule has 0 bridgehead atoms. The van der Waals surface area contributed by atoms with Crippen LogP contribution in [0.25, 0.3) is 0 Å². The number of nitrogen functional groups attached to an aromatic ring is 1. The zero-order valence-corrected chi connectivity index (χ0v) is 11.6. The van der Waals surface area contributed by atoms with Gasteiger partial charge < -0.3 is 10.3 Å². The van der Waals surface area contributed by atoms with Gasteiger partial charge in [0.2, 0.25) is 0 Å². The van der Waals surface area contributed by atoms with Crippen molar-refractivity contribution in [3.05, 3.63) is 42.0 Å². The smallest absolute Gasteiger partial charge is 0.145 e. The topological polar surface area (TPSA) is 67.1 Å². The molecular weight excluding hydrogens is 257 g/mol. The van der Waals surface area contributed by atoms with Crippen molar-refractivity contribution in [2.24, 2.45) is 5.84 Å². The number of anilines is 3. The fraction of sp³-hybridized carbons (Fsp3) is 0.286. The molecule has 0 saturated carbocycles. The van der Waals surface area contributed by atoms with E-state index in [2.05, 4.69) is 15.4 Å². The molecule has 2 aromatic rings. The van der Waals surface area contributed by atoms with Gasteiger partial charge in [0.05, 0.1) is 0 Å². The lowest BCUT2D eigenvalue weighted by atomic mass is 10.2. The monoisotopic (exact) mass is 275 g/mol. The Morgan fingerprint density at radius 2 is 1.90 bits per heavy atom. The Hall–Kier alpha value is -2.21. The minimum absolute atomic E-state index is 0.258. The highest BCUT2D eigenvalue weighted by Crippen LogP contribution is 2.25. The molecule has 1 aromatic carbocycles. The molecule has 0 amide bonds. The number of benzene rings is 1. The van der Waals surface area contributed by atoms with E-state index in [1.54, 1.807) is 18.2 Å². The molecule has 20 heavy (non-hydrogen) atoms. The standard InChI is InChI=1S/C14H18FN5/c1-3-12-17-13(19-16)9-14(18-12)20(4-2)11-7-5-10(15)6-8-11/h5-9H,3-4,16H2,1-2H3,(H,17,18,19). The number of nitrogens with two attached hydrogens (primary N) is 1. The molecule has 6 heteroatoms. The second-order valence-electron chi connectivity index (χ2n) is 4.25. The second kappa shape index (κ2) is 6.29. The lowest BCUT2D eigenvalue weighted by molar-refractivity contribution is 0.627. The zero-order chi connectivity index (χ0) is 14.5. The predicted molar refractivity (Wildman–Crippen MR) is 78.3 cm³/mol. The lowest BCUT2D eigenvalue weighted by Crippen LogP contribution is -2.19. The van der Waals surface area contributed by atoms with Gasteiger partial charge in [-0.2, -0.15) is 0 Å². The number of nitrogens with zero attached hydrogens (tertiary/aromatic N) is 3. The van der Waals surface area contributed by atoms with Gasteiger partial charge in [-0.3, -0.25) is 0 Å². The highest BCUT2D eigenvalue weighted by Gasteiger charge is 2.11. The molecule has 106 valence electrons. The van der Waals surface area contributed by atoms with Crippen LogP contribution in [0.2, 0.25) is 0 Å². The first-order valence-corrected chi connectivity index (χ1v) is 6.55. The Labute approximate surface area is 117 Å². The maximum absolute atomic E-state index is 13.0. The van der Waals surface area contributed by atoms with Crippen LogP contribution in [0, 0.1) is 5.82 Å². The van der Waals surface area contributed by atoms with Crippen LogP contribution in [0.3, 0.4) is 0 Å². The van der Waals surface area contributed by atoms with Crippen LogP contribution in [0.5, 0.6) is 0 Å². The van der Waals surface area contributed by atoms with E-state index in [9.17, 15) is 4.39 Å². The van der Waals surface area contributed by atoms with E-state index in [1.165, 1.54) is 12.1 Å². The number of hydrogen-bond donors (Lipinski definition) is 2. The molecular formula is C14H18FN5. The largest absolute Gasteiger partial charge is 0.326 e. The maximum atomic E-state index is 13.0. The molecule has 0 spiro atoms. The average Bonchev–Trinajstić information content (AvgIpc) is 2.49. The minimum Gasteiger partial charge on any atom is -0.326 e. The summed E-state index contributed by atoms with van der Waals surface area (Å²) in [6.07, 6.45) is 0.712. The van der Waals surface area contributed by atoms with E-state index < -0.39 is 0 Å². The van der Waals surface area contributed by atoms with Crippen LogP contribution in [0.15, 0.2) is 30.3 Å². The van der Waals surface area contributed by atoms with Crippen LogP contribution < -0.4 is 16.2 Å². The lowest BCUT2D eigenvalue weighted by Gasteiger charge is -2.23. The molecule has 0 radical (unpaired) electrons. The van der Waals surface area contributed by atoms with Gasteiger partial charge >= 0.3 is 0 Å². The second-order valence-corrected chi connectivity index (χ2v) is 4.25. The summed E-state index contributed by atoms with van der Waals surface area (Å²) in [5.74, 6) is 7.18. The van der Waals surface area contributed by atoms with Gasteiger partial charge in [0.25, 0.3) is 0 Å². The SMILES string of the molecule is CCc1nc(NN)cc(N(CC)c2ccc(F)cc2)n1. The van der Waals surface area contributed by atoms with Crippen molar-refractivity contribution in [2.75, 3.05) is 16.9 Å². The Bertz CT molecular complexity index is 548. The van der Waals surface area contributed by atoms with Crippen molar-refractivity contribution >= 4 is 17.3 Å². The third kappa shape index (κ3) is 3.03. The summed E-state index contributed by atoms with van der Waals surface area (Å²) < 4.78 is 13.0. The number of nitrogens with one attached hydrogen (secondary N) is 1. The number of aromatic nitrogens is 2. The summed E-state index contributed by atoms with van der Waals surface area (Å²) in [6.45, 7) is 4.69. The maximum Gasteiger partial charge on any atom is 0.145 e. The van der Waals surface area contributed by atoms with Gasteiger partial charge in [0, 0.05) is 24.7 Å². The normalized spacial score (nSPS) is 10.4. The first kappa shape index (κ1) is 14.2. The van der Waals surface area contributed by atoms with Gasteiger partial charge in [0.15, 0.2) is 0 Å². The predicted octanol–water partition coefficient (Wildman–Crippen LogP) is 2.62. The fourth-order valence-electron chi connectivity index (χ4n) is 1.95. The summed E-state index contributed by atoms with van der Waals surface area (Å²) in [5.41, 5.74) is 3.42. The van der Waals surface area contributed by atoms with Crippen molar-refractivity contribution in [3.8, 4) is 0 Å². The Kier molecular flexibility index (Phi) is 4.47. The molecule has 1 heterocycles. The van der Waals surface area contributed by atoms with Gasteiger partial charge in [-0.15, -0.1) is 0 Å². The summed E-state index contributed by atoms with van der Waals surface area (Å²) in [5, 5.41) is 0. The molecule has 0 saturated heterocycles. The molecule has 0 unspecified atom stereocenters. The molecule has 0 aliphatic heterocycles. The van der Waals surface area contributed by atoms with Crippen molar-refractivity contribution in [3.63, 3.8) is 0 Å². The third-order valence-electron chi connectivity index (χ3n) is 2.95. The van der Waals surface area contributed by atoms with Gasteiger partial charge in [-0.25, -0.2) is 20.2 Å². The first-order chi connectivity index (χ1) is 9.67. The third-order valence-corrected chi connectivity index (χ3v) is 2.95. The van der Waals surface area contributed by atoms with Crippen molar-refractivity contribution in [1.82, 2.24) is 9.97 Å². The Morgan fingerprint density at radius 3 is 2.45 bits per heavy atom. The van der Waals surface area contributed by atoms with Crippen LogP contribution >= 0.6 is 0 Å². The first-order valence-electron chi connectivity index (χ1n) is 6.55. The fourth-order valence-corrected chi connectivity index (χ4v) is 1.95. The van der Waals surface area contributed by atoms with Gasteiger partial charge in [-0.05, 0) is 31.2 Å². The van der Waals surface area contributed by atoms with Gasteiger partial charge in [0.1, 0.15) is 23.3 Å². The van der Waals surface area contributed by atoms with E-state index in [1.807, 2.05) is 18.7 Å². The number of hydrazine groups is 1. The van der Waals surface area contributed by atoms with Crippen molar-refractivity contribution in [1.29, 1.82) is 0 Å². The van der Waals surface area contributed by atoms with E-state index in [0.29, 0.717) is 24.6 Å². The number of rotatable bonds is 5. The number of aryl methyl sites for hydroxylation is 1. The van der Waals surface area contributed by atoms with Crippen molar-refractivity contribution < 1.29 is 4.39 Å². The molecule has 3 N–H and O–H groups in total. The average molecular weight is 275 g/mol. The summed E-state index contributed by atoms with van der Waals surface area (Å²) >= 11 is 0. The molecule has 2 rings (SSSR count). The zero-order valence-electron chi connectivity index (χ0n) is 11.6.